The molecule has 0 unspecified atom stereocenters. The molecule has 2 N–H and O–H groups in total. The number of aliphatic carboxylic acids is 1. The van der Waals surface area contributed by atoms with E-state index < -0.39 is 41.9 Å². The molecule has 0 bridgehead atoms. The second-order valence-electron chi connectivity index (χ2n) is 7.45. The predicted octanol–water partition coefficient (Wildman–Crippen LogP) is 0.561. The van der Waals surface area contributed by atoms with E-state index in [1.165, 1.54) is 4.90 Å². The van der Waals surface area contributed by atoms with Gasteiger partial charge in [0, 0.05) is 6.04 Å². The predicted molar refractivity (Wildman–Crippen MR) is 83.0 cm³/mol. The summed E-state index contributed by atoms with van der Waals surface area (Å²) in [4.78, 5) is 50.8. The highest BCUT2D eigenvalue weighted by Crippen LogP contribution is 2.40. The van der Waals surface area contributed by atoms with Gasteiger partial charge in [0.2, 0.25) is 5.91 Å². The molecule has 1 saturated carbocycles. The Morgan fingerprint density at radius 3 is 2.50 bits per heavy atom. The zero-order valence-electron chi connectivity index (χ0n) is 13.9. The highest BCUT2D eigenvalue weighted by Gasteiger charge is 2.50. The Morgan fingerprint density at radius 1 is 1.25 bits per heavy atom. The zero-order chi connectivity index (χ0) is 17.6. The molecule has 3 aliphatic rings. The van der Waals surface area contributed by atoms with Crippen LogP contribution in [0.2, 0.25) is 0 Å². The highest BCUT2D eigenvalue weighted by atomic mass is 16.4. The van der Waals surface area contributed by atoms with Crippen LogP contribution in [-0.4, -0.2) is 62.9 Å². The average Bonchev–Trinajstić information content (AvgIpc) is 2.98. The number of amides is 4. The van der Waals surface area contributed by atoms with Gasteiger partial charge in [0.25, 0.3) is 5.91 Å². The molecule has 3 rings (SSSR count). The Morgan fingerprint density at radius 2 is 1.92 bits per heavy atom. The standard InChI is InChI=1S/C16H23N3O5/c1-16(2)14(23)18(15(24)17-16)8-12(20)19-10-6-4-3-5-9(10)7-11(19)13(21)22/h9-11H,3-8H2,1-2H3,(H,17,24)(H,21,22)/t9-,10-,11-/m0/s1. The monoisotopic (exact) mass is 337 g/mol. The second kappa shape index (κ2) is 5.75. The molecule has 8 nitrogen and oxygen atoms in total. The molecule has 2 saturated heterocycles. The van der Waals surface area contributed by atoms with Crippen LogP contribution in [0.15, 0.2) is 0 Å². The summed E-state index contributed by atoms with van der Waals surface area (Å²) >= 11 is 0. The number of carbonyl (C=O) groups is 4. The van der Waals surface area contributed by atoms with Crippen LogP contribution in [0.5, 0.6) is 0 Å². The van der Waals surface area contributed by atoms with Gasteiger partial charge in [-0.15, -0.1) is 0 Å². The van der Waals surface area contributed by atoms with E-state index in [1.54, 1.807) is 13.8 Å². The number of hydrogen-bond acceptors (Lipinski definition) is 4. The second-order valence-corrected chi connectivity index (χ2v) is 7.45. The molecule has 0 spiro atoms. The van der Waals surface area contributed by atoms with Crippen molar-refractivity contribution in [2.24, 2.45) is 5.92 Å². The summed E-state index contributed by atoms with van der Waals surface area (Å²) in [5, 5.41) is 12.0. The van der Waals surface area contributed by atoms with Crippen LogP contribution < -0.4 is 5.32 Å². The number of imide groups is 1. The number of fused-ring (bicyclic) bond motifs is 1. The van der Waals surface area contributed by atoms with Crippen molar-refractivity contribution in [1.29, 1.82) is 0 Å². The van der Waals surface area contributed by atoms with Crippen molar-refractivity contribution >= 4 is 23.8 Å². The first-order chi connectivity index (χ1) is 11.2. The number of likely N-dealkylation sites (tertiary alicyclic amines) is 1. The Labute approximate surface area is 140 Å². The fourth-order valence-corrected chi connectivity index (χ4v) is 4.22. The van der Waals surface area contributed by atoms with Gasteiger partial charge in [-0.2, -0.15) is 0 Å². The van der Waals surface area contributed by atoms with E-state index in [1.807, 2.05) is 0 Å². The first-order valence-corrected chi connectivity index (χ1v) is 8.40. The smallest absolute Gasteiger partial charge is 0.326 e. The van der Waals surface area contributed by atoms with Gasteiger partial charge in [0.15, 0.2) is 0 Å². The summed E-state index contributed by atoms with van der Waals surface area (Å²) in [7, 11) is 0. The van der Waals surface area contributed by atoms with E-state index in [2.05, 4.69) is 5.32 Å². The van der Waals surface area contributed by atoms with Gasteiger partial charge in [0.05, 0.1) is 0 Å². The van der Waals surface area contributed by atoms with Crippen molar-refractivity contribution in [3.8, 4) is 0 Å². The molecular formula is C16H23N3O5. The van der Waals surface area contributed by atoms with Gasteiger partial charge in [0.1, 0.15) is 18.1 Å². The summed E-state index contributed by atoms with van der Waals surface area (Å²) in [6, 6.07) is -1.56. The maximum absolute atomic E-state index is 12.8. The topological polar surface area (TPSA) is 107 Å². The molecule has 0 aromatic carbocycles. The number of carbonyl (C=O) groups excluding carboxylic acids is 3. The molecule has 0 aromatic heterocycles. The van der Waals surface area contributed by atoms with Crippen molar-refractivity contribution in [3.63, 3.8) is 0 Å². The molecule has 0 aromatic rings. The number of urea groups is 1. The average molecular weight is 337 g/mol. The zero-order valence-corrected chi connectivity index (χ0v) is 13.9. The van der Waals surface area contributed by atoms with Crippen molar-refractivity contribution in [2.75, 3.05) is 6.54 Å². The maximum atomic E-state index is 12.8. The van der Waals surface area contributed by atoms with E-state index in [0.29, 0.717) is 6.42 Å². The number of nitrogens with one attached hydrogen (secondary N) is 1. The van der Waals surface area contributed by atoms with Crippen molar-refractivity contribution in [3.05, 3.63) is 0 Å². The largest absolute Gasteiger partial charge is 0.480 e. The molecule has 24 heavy (non-hydrogen) atoms. The Hall–Kier alpha value is -2.12. The third-order valence-corrected chi connectivity index (χ3v) is 5.40. The fourth-order valence-electron chi connectivity index (χ4n) is 4.22. The molecular weight excluding hydrogens is 314 g/mol. The maximum Gasteiger partial charge on any atom is 0.326 e. The van der Waals surface area contributed by atoms with Gasteiger partial charge in [-0.3, -0.25) is 14.5 Å². The SMILES string of the molecule is CC1(C)NC(=O)N(CC(=O)N2[C@H](C(=O)O)C[C@@H]3CCCC[C@@H]32)C1=O. The Bertz CT molecular complexity index is 603. The van der Waals surface area contributed by atoms with Gasteiger partial charge in [-0.05, 0) is 39.0 Å². The molecule has 3 fully saturated rings. The first-order valence-electron chi connectivity index (χ1n) is 8.40. The van der Waals surface area contributed by atoms with Crippen LogP contribution in [0.25, 0.3) is 0 Å². The Kier molecular flexibility index (Phi) is 4.01. The molecule has 4 amide bonds. The van der Waals surface area contributed by atoms with Crippen LogP contribution in [0, 0.1) is 5.92 Å². The van der Waals surface area contributed by atoms with Crippen LogP contribution in [-0.2, 0) is 14.4 Å². The van der Waals surface area contributed by atoms with Crippen molar-refractivity contribution in [2.45, 2.75) is 63.6 Å². The van der Waals surface area contributed by atoms with Crippen LogP contribution in [0.1, 0.15) is 46.0 Å². The van der Waals surface area contributed by atoms with Gasteiger partial charge < -0.3 is 15.3 Å². The van der Waals surface area contributed by atoms with Crippen molar-refractivity contribution in [1.82, 2.24) is 15.1 Å². The van der Waals surface area contributed by atoms with Gasteiger partial charge in [-0.25, -0.2) is 9.59 Å². The number of hydrogen-bond donors (Lipinski definition) is 2. The minimum Gasteiger partial charge on any atom is -0.480 e. The quantitative estimate of drug-likeness (QED) is 0.732. The molecule has 8 heteroatoms. The summed E-state index contributed by atoms with van der Waals surface area (Å²) in [6.07, 6.45) is 4.18. The fraction of sp³-hybridized carbons (Fsp3) is 0.750. The minimum atomic E-state index is -1.04. The van der Waals surface area contributed by atoms with E-state index in [-0.39, 0.29) is 12.0 Å². The summed E-state index contributed by atoms with van der Waals surface area (Å²) in [5.74, 6) is -1.75. The first kappa shape index (κ1) is 16.7. The summed E-state index contributed by atoms with van der Waals surface area (Å²) in [5.41, 5.74) is -1.04. The lowest BCUT2D eigenvalue weighted by molar-refractivity contribution is -0.150. The van der Waals surface area contributed by atoms with E-state index >= 15 is 0 Å². The van der Waals surface area contributed by atoms with E-state index in [4.69, 9.17) is 0 Å². The third-order valence-electron chi connectivity index (χ3n) is 5.40. The highest BCUT2D eigenvalue weighted by molar-refractivity contribution is 6.08. The molecule has 2 heterocycles. The number of carboxylic acids is 1. The molecule has 2 aliphatic heterocycles. The molecule has 3 atom stereocenters. The van der Waals surface area contributed by atoms with Gasteiger partial charge >= 0.3 is 12.0 Å². The lowest BCUT2D eigenvalue weighted by atomic mass is 9.85. The van der Waals surface area contributed by atoms with Crippen LogP contribution >= 0.6 is 0 Å². The Balaban J connectivity index is 1.78. The number of carboxylic acid groups (broad SMARTS) is 1. The number of nitrogens with zero attached hydrogens (tertiary/aromatic N) is 2. The minimum absolute atomic E-state index is 0.0962. The summed E-state index contributed by atoms with van der Waals surface area (Å²) < 4.78 is 0. The summed E-state index contributed by atoms with van der Waals surface area (Å²) in [6.45, 7) is 2.75. The number of rotatable bonds is 3. The van der Waals surface area contributed by atoms with Crippen LogP contribution in [0.4, 0.5) is 4.79 Å². The molecule has 132 valence electrons. The van der Waals surface area contributed by atoms with E-state index in [9.17, 15) is 24.3 Å². The van der Waals surface area contributed by atoms with Crippen molar-refractivity contribution < 1.29 is 24.3 Å². The molecule has 0 radical (unpaired) electrons. The van der Waals surface area contributed by atoms with Gasteiger partial charge in [-0.1, -0.05) is 12.8 Å². The lowest BCUT2D eigenvalue weighted by Crippen LogP contribution is -2.51. The van der Waals surface area contributed by atoms with Crippen LogP contribution in [0.3, 0.4) is 0 Å². The lowest BCUT2D eigenvalue weighted by Gasteiger charge is -2.33. The third kappa shape index (κ3) is 2.63. The van der Waals surface area contributed by atoms with E-state index in [0.717, 1.165) is 30.6 Å². The normalized spacial score (nSPS) is 31.8. The molecule has 1 aliphatic carbocycles.